The Labute approximate surface area is 188 Å². The number of amides is 1. The summed E-state index contributed by atoms with van der Waals surface area (Å²) in [7, 11) is 3.22. The molecule has 1 aromatic carbocycles. The molecule has 1 aliphatic rings. The first kappa shape index (κ1) is 24.3. The molecule has 3 N–H and O–H groups in total. The zero-order valence-corrected chi connectivity index (χ0v) is 18.5. The van der Waals surface area contributed by atoms with Crippen molar-refractivity contribution in [3.05, 3.63) is 39.5 Å². The van der Waals surface area contributed by atoms with Crippen molar-refractivity contribution < 1.29 is 22.9 Å². The van der Waals surface area contributed by atoms with Gasteiger partial charge in [-0.1, -0.05) is 0 Å². The molecule has 1 fully saturated rings. The highest BCUT2D eigenvalue weighted by atomic mass is 19.4. The number of carbonyl (C=O) groups is 1. The van der Waals surface area contributed by atoms with E-state index >= 15 is 0 Å². The molecule has 2 aromatic rings. The molecule has 1 aromatic heterocycles. The van der Waals surface area contributed by atoms with Crippen LogP contribution in [0.15, 0.2) is 12.1 Å². The molecule has 180 valence electrons. The minimum absolute atomic E-state index is 0.0494. The van der Waals surface area contributed by atoms with Crippen molar-refractivity contribution >= 4 is 23.0 Å². The Morgan fingerprint density at radius 2 is 1.97 bits per heavy atom. The van der Waals surface area contributed by atoms with Crippen molar-refractivity contribution in [3.8, 4) is 0 Å². The molecule has 0 bridgehead atoms. The Morgan fingerprint density at radius 3 is 2.48 bits per heavy atom. The number of hydrogen-bond acceptors (Lipinski definition) is 7. The van der Waals surface area contributed by atoms with Gasteiger partial charge >= 0.3 is 6.18 Å². The molecule has 0 radical (unpaired) electrons. The van der Waals surface area contributed by atoms with Gasteiger partial charge in [0.15, 0.2) is 5.82 Å². The molecule has 0 saturated heterocycles. The van der Waals surface area contributed by atoms with Crippen LogP contribution in [0.25, 0.3) is 0 Å². The Kier molecular flexibility index (Phi) is 7.08. The third-order valence-electron chi connectivity index (χ3n) is 5.78. The SMILES string of the molecule is CNc1cc(N(C)Cc2n[nH]c(C)n2)c(C(=O)NC2CCC(C(F)(F)F)CC2)cc1[N+](=O)[O-]. The van der Waals surface area contributed by atoms with Crippen LogP contribution in [-0.4, -0.2) is 52.3 Å². The van der Waals surface area contributed by atoms with Gasteiger partial charge in [0.25, 0.3) is 11.6 Å². The lowest BCUT2D eigenvalue weighted by Gasteiger charge is -2.30. The summed E-state index contributed by atoms with van der Waals surface area (Å²) in [6, 6.07) is 2.23. The van der Waals surface area contributed by atoms with Crippen molar-refractivity contribution in [1.82, 2.24) is 20.5 Å². The van der Waals surface area contributed by atoms with E-state index in [1.54, 1.807) is 18.9 Å². The predicted octanol–water partition coefficient (Wildman–Crippen LogP) is 3.55. The average Bonchev–Trinajstić information content (AvgIpc) is 3.16. The van der Waals surface area contributed by atoms with Crippen LogP contribution in [0.2, 0.25) is 0 Å². The van der Waals surface area contributed by atoms with Gasteiger partial charge < -0.3 is 15.5 Å². The van der Waals surface area contributed by atoms with Crippen LogP contribution in [0.4, 0.5) is 30.2 Å². The molecule has 1 saturated carbocycles. The summed E-state index contributed by atoms with van der Waals surface area (Å²) in [5, 5.41) is 23.9. The first-order valence-corrected chi connectivity index (χ1v) is 10.5. The Hall–Kier alpha value is -3.38. The zero-order chi connectivity index (χ0) is 24.3. The fraction of sp³-hybridized carbons (Fsp3) is 0.550. The summed E-state index contributed by atoms with van der Waals surface area (Å²) >= 11 is 0. The van der Waals surface area contributed by atoms with E-state index in [2.05, 4.69) is 25.8 Å². The number of nitrogens with zero attached hydrogens (tertiary/aromatic N) is 4. The summed E-state index contributed by atoms with van der Waals surface area (Å²) in [4.78, 5) is 30.0. The van der Waals surface area contributed by atoms with Crippen molar-refractivity contribution in [2.45, 2.75) is 51.4 Å². The highest BCUT2D eigenvalue weighted by molar-refractivity contribution is 6.02. The highest BCUT2D eigenvalue weighted by Gasteiger charge is 2.41. The van der Waals surface area contributed by atoms with Gasteiger partial charge in [-0.05, 0) is 38.7 Å². The van der Waals surface area contributed by atoms with E-state index in [1.807, 2.05) is 0 Å². The third kappa shape index (κ3) is 5.71. The predicted molar refractivity (Wildman–Crippen MR) is 115 cm³/mol. The van der Waals surface area contributed by atoms with E-state index in [4.69, 9.17) is 0 Å². The van der Waals surface area contributed by atoms with Gasteiger partial charge in [-0.25, -0.2) is 4.98 Å². The number of benzene rings is 1. The molecule has 1 heterocycles. The third-order valence-corrected chi connectivity index (χ3v) is 5.78. The number of nitro benzene ring substituents is 1. The molecule has 1 aliphatic carbocycles. The van der Waals surface area contributed by atoms with Crippen LogP contribution in [0.1, 0.15) is 47.7 Å². The summed E-state index contributed by atoms with van der Waals surface area (Å²) < 4.78 is 38.8. The molecular formula is C20H26F3N7O3. The van der Waals surface area contributed by atoms with Crippen LogP contribution in [0.3, 0.4) is 0 Å². The van der Waals surface area contributed by atoms with E-state index in [9.17, 15) is 28.1 Å². The van der Waals surface area contributed by atoms with E-state index < -0.39 is 29.0 Å². The number of hydrogen-bond donors (Lipinski definition) is 3. The molecule has 1 amide bonds. The number of nitrogens with one attached hydrogen (secondary N) is 3. The van der Waals surface area contributed by atoms with E-state index in [1.165, 1.54) is 19.2 Å². The molecule has 0 atom stereocenters. The van der Waals surface area contributed by atoms with Gasteiger partial charge in [-0.15, -0.1) is 0 Å². The van der Waals surface area contributed by atoms with Gasteiger partial charge in [0, 0.05) is 26.2 Å². The molecule has 0 spiro atoms. The first-order valence-electron chi connectivity index (χ1n) is 10.5. The summed E-state index contributed by atoms with van der Waals surface area (Å²) in [6.45, 7) is 1.97. The zero-order valence-electron chi connectivity index (χ0n) is 18.5. The Balaban J connectivity index is 1.86. The Morgan fingerprint density at radius 1 is 1.30 bits per heavy atom. The van der Waals surface area contributed by atoms with E-state index in [0.29, 0.717) is 17.3 Å². The van der Waals surface area contributed by atoms with Gasteiger partial charge in [-0.3, -0.25) is 20.0 Å². The number of rotatable bonds is 7. The number of aryl methyl sites for hydroxylation is 1. The van der Waals surface area contributed by atoms with Gasteiger partial charge in [0.2, 0.25) is 0 Å². The van der Waals surface area contributed by atoms with Gasteiger partial charge in [0.1, 0.15) is 11.5 Å². The molecule has 10 nitrogen and oxygen atoms in total. The number of carbonyl (C=O) groups excluding carboxylic acids is 1. The summed E-state index contributed by atoms with van der Waals surface area (Å²) in [5.74, 6) is -0.862. The second kappa shape index (κ2) is 9.63. The number of H-pyrrole nitrogens is 1. The highest BCUT2D eigenvalue weighted by Crippen LogP contribution is 2.38. The maximum atomic E-state index is 13.1. The second-order valence-corrected chi connectivity index (χ2v) is 8.15. The lowest BCUT2D eigenvalue weighted by molar-refractivity contribution is -0.383. The van der Waals surface area contributed by atoms with Crippen molar-refractivity contribution in [1.29, 1.82) is 0 Å². The number of nitro groups is 1. The minimum Gasteiger partial charge on any atom is -0.383 e. The maximum Gasteiger partial charge on any atom is 0.391 e. The molecule has 0 unspecified atom stereocenters. The number of halogens is 3. The Bertz CT molecular complexity index is 1020. The summed E-state index contributed by atoms with van der Waals surface area (Å²) in [6.07, 6.45) is -4.00. The summed E-state index contributed by atoms with van der Waals surface area (Å²) in [5.41, 5.74) is 0.381. The van der Waals surface area contributed by atoms with Crippen molar-refractivity contribution in [2.24, 2.45) is 5.92 Å². The largest absolute Gasteiger partial charge is 0.391 e. The van der Waals surface area contributed by atoms with Crippen LogP contribution < -0.4 is 15.5 Å². The van der Waals surface area contributed by atoms with Crippen LogP contribution in [0, 0.1) is 23.0 Å². The number of aromatic nitrogens is 3. The molecule has 13 heteroatoms. The van der Waals surface area contributed by atoms with Gasteiger partial charge in [0.05, 0.1) is 28.6 Å². The first-order chi connectivity index (χ1) is 15.5. The quantitative estimate of drug-likeness (QED) is 0.418. The standard InChI is InChI=1S/C20H26F3N7O3/c1-11-25-18(28-27-11)10-29(3)16-9-15(24-2)17(30(32)33)8-14(16)19(31)26-13-6-4-12(5-7-13)20(21,22)23/h8-9,12-13,24H,4-7,10H2,1-3H3,(H,26,31)(H,25,27,28). The van der Waals surface area contributed by atoms with Crippen molar-refractivity contribution in [3.63, 3.8) is 0 Å². The topological polar surface area (TPSA) is 129 Å². The molecule has 3 rings (SSSR count). The number of aromatic amines is 1. The van der Waals surface area contributed by atoms with Crippen LogP contribution in [0.5, 0.6) is 0 Å². The van der Waals surface area contributed by atoms with E-state index in [-0.39, 0.29) is 49.2 Å². The monoisotopic (exact) mass is 469 g/mol. The van der Waals surface area contributed by atoms with Gasteiger partial charge in [-0.2, -0.15) is 18.3 Å². The lowest BCUT2D eigenvalue weighted by atomic mass is 9.85. The van der Waals surface area contributed by atoms with Crippen LogP contribution >= 0.6 is 0 Å². The van der Waals surface area contributed by atoms with E-state index in [0.717, 1.165) is 0 Å². The second-order valence-electron chi connectivity index (χ2n) is 8.15. The van der Waals surface area contributed by atoms with Crippen LogP contribution in [-0.2, 0) is 6.54 Å². The molecular weight excluding hydrogens is 443 g/mol. The number of anilines is 2. The fourth-order valence-corrected chi connectivity index (χ4v) is 4.01. The lowest BCUT2D eigenvalue weighted by Crippen LogP contribution is -2.40. The smallest absolute Gasteiger partial charge is 0.383 e. The average molecular weight is 469 g/mol. The molecule has 0 aliphatic heterocycles. The number of alkyl halides is 3. The normalized spacial score (nSPS) is 18.6. The fourth-order valence-electron chi connectivity index (χ4n) is 4.01. The van der Waals surface area contributed by atoms with Crippen molar-refractivity contribution in [2.75, 3.05) is 24.3 Å². The minimum atomic E-state index is -4.24. The molecule has 33 heavy (non-hydrogen) atoms. The maximum absolute atomic E-state index is 13.1.